The topological polar surface area (TPSA) is 60.7 Å². The lowest BCUT2D eigenvalue weighted by Crippen LogP contribution is -2.50. The molecule has 3 nitrogen and oxygen atoms in total. The maximum atomic E-state index is 10.5. The van der Waals surface area contributed by atoms with Gasteiger partial charge in [-0.1, -0.05) is 13.8 Å². The van der Waals surface area contributed by atoms with E-state index in [1.807, 2.05) is 0 Å². The zero-order chi connectivity index (χ0) is 15.7. The van der Waals surface area contributed by atoms with Gasteiger partial charge in [0, 0.05) is 0 Å². The third-order valence-electron chi connectivity index (χ3n) is 7.39. The first-order valence-corrected chi connectivity index (χ1v) is 8.59. The SMILES string of the molecule is C[C@@]12CCc3cc(O)c(O)cc3[C@H]1CC[C@@]1(C)[C@H]2CC[C@@H]1O. The molecule has 0 saturated heterocycles. The van der Waals surface area contributed by atoms with Crippen LogP contribution in [0.4, 0.5) is 0 Å². The number of fused-ring (bicyclic) bond motifs is 5. The first kappa shape index (κ1) is 14.4. The van der Waals surface area contributed by atoms with Crippen LogP contribution in [0.3, 0.4) is 0 Å². The summed E-state index contributed by atoms with van der Waals surface area (Å²) < 4.78 is 0. The van der Waals surface area contributed by atoms with Gasteiger partial charge in [-0.3, -0.25) is 0 Å². The first-order chi connectivity index (χ1) is 10.4. The second-order valence-electron chi connectivity index (χ2n) is 8.29. The number of benzene rings is 1. The third kappa shape index (κ3) is 1.66. The van der Waals surface area contributed by atoms with Crippen LogP contribution in [-0.4, -0.2) is 21.4 Å². The van der Waals surface area contributed by atoms with Gasteiger partial charge in [0.1, 0.15) is 0 Å². The van der Waals surface area contributed by atoms with Crippen LogP contribution in [0, 0.1) is 16.7 Å². The van der Waals surface area contributed by atoms with E-state index in [4.69, 9.17) is 0 Å². The van der Waals surface area contributed by atoms with Crippen molar-refractivity contribution in [2.24, 2.45) is 16.7 Å². The molecule has 2 saturated carbocycles. The molecule has 1 aromatic rings. The molecule has 5 atom stereocenters. The number of aliphatic hydroxyl groups is 1. The van der Waals surface area contributed by atoms with Gasteiger partial charge in [-0.15, -0.1) is 0 Å². The summed E-state index contributed by atoms with van der Waals surface area (Å²) in [4.78, 5) is 0. The maximum absolute atomic E-state index is 10.5. The van der Waals surface area contributed by atoms with Crippen molar-refractivity contribution < 1.29 is 15.3 Å². The van der Waals surface area contributed by atoms with Crippen molar-refractivity contribution in [1.29, 1.82) is 0 Å². The van der Waals surface area contributed by atoms with Crippen LogP contribution >= 0.6 is 0 Å². The summed E-state index contributed by atoms with van der Waals surface area (Å²) >= 11 is 0. The van der Waals surface area contributed by atoms with Crippen molar-refractivity contribution in [3.63, 3.8) is 0 Å². The Balaban J connectivity index is 1.80. The minimum atomic E-state index is -0.162. The summed E-state index contributed by atoms with van der Waals surface area (Å²) in [5, 5.41) is 30.2. The fraction of sp³-hybridized carbons (Fsp3) is 0.684. The predicted molar refractivity (Wildman–Crippen MR) is 85.0 cm³/mol. The number of aryl methyl sites for hydroxylation is 1. The van der Waals surface area contributed by atoms with Crippen LogP contribution in [0.1, 0.15) is 63.0 Å². The number of aromatic hydroxyl groups is 2. The van der Waals surface area contributed by atoms with Gasteiger partial charge in [0.25, 0.3) is 0 Å². The zero-order valence-corrected chi connectivity index (χ0v) is 13.5. The maximum Gasteiger partial charge on any atom is 0.157 e. The van der Waals surface area contributed by atoms with Gasteiger partial charge in [-0.05, 0) is 84.5 Å². The average Bonchev–Trinajstić information content (AvgIpc) is 2.77. The van der Waals surface area contributed by atoms with Crippen molar-refractivity contribution in [3.8, 4) is 11.5 Å². The van der Waals surface area contributed by atoms with E-state index in [9.17, 15) is 15.3 Å². The molecule has 0 spiro atoms. The van der Waals surface area contributed by atoms with Crippen LogP contribution in [0.2, 0.25) is 0 Å². The van der Waals surface area contributed by atoms with Crippen LogP contribution in [-0.2, 0) is 6.42 Å². The van der Waals surface area contributed by atoms with Crippen LogP contribution in [0.25, 0.3) is 0 Å². The molecular formula is C19H26O3. The van der Waals surface area contributed by atoms with Crippen molar-refractivity contribution in [3.05, 3.63) is 23.3 Å². The van der Waals surface area contributed by atoms with Gasteiger partial charge in [-0.25, -0.2) is 0 Å². The smallest absolute Gasteiger partial charge is 0.157 e. The van der Waals surface area contributed by atoms with E-state index < -0.39 is 0 Å². The standard InChI is InChI=1S/C19H26O3/c1-18-7-5-11-9-14(20)15(21)10-12(11)13(18)6-8-19(2)16(18)3-4-17(19)22/h9-10,13,16-17,20-22H,3-8H2,1-2H3/t13-,16+,17+,18-,19+/m1/s1. The number of aliphatic hydroxyl groups excluding tert-OH is 1. The monoisotopic (exact) mass is 302 g/mol. The van der Waals surface area contributed by atoms with Crippen LogP contribution in [0.15, 0.2) is 12.1 Å². The van der Waals surface area contributed by atoms with E-state index in [1.54, 1.807) is 12.1 Å². The molecule has 1 aromatic carbocycles. The number of rotatable bonds is 0. The van der Waals surface area contributed by atoms with Crippen LogP contribution in [0.5, 0.6) is 11.5 Å². The normalized spacial score (nSPS) is 43.3. The lowest BCUT2D eigenvalue weighted by Gasteiger charge is -2.57. The van der Waals surface area contributed by atoms with Gasteiger partial charge in [0.05, 0.1) is 6.10 Å². The highest BCUT2D eigenvalue weighted by Crippen LogP contribution is 2.67. The van der Waals surface area contributed by atoms with Crippen molar-refractivity contribution in [2.45, 2.75) is 64.4 Å². The van der Waals surface area contributed by atoms with E-state index in [1.165, 1.54) is 11.1 Å². The van der Waals surface area contributed by atoms with Crippen molar-refractivity contribution >= 4 is 0 Å². The summed E-state index contributed by atoms with van der Waals surface area (Å²) in [6.45, 7) is 4.67. The fourth-order valence-electron chi connectivity index (χ4n) is 6.11. The Bertz CT molecular complexity index is 625. The molecule has 2 fully saturated rings. The number of phenolic OH excluding ortho intramolecular Hbond substituents is 2. The second-order valence-corrected chi connectivity index (χ2v) is 8.29. The summed E-state index contributed by atoms with van der Waals surface area (Å²) in [6, 6.07) is 3.54. The lowest BCUT2D eigenvalue weighted by molar-refractivity contribution is -0.0667. The molecule has 0 heterocycles. The molecule has 22 heavy (non-hydrogen) atoms. The van der Waals surface area contributed by atoms with Gasteiger partial charge in [0.15, 0.2) is 11.5 Å². The first-order valence-electron chi connectivity index (χ1n) is 8.59. The molecule has 0 aromatic heterocycles. The number of hydrogen-bond donors (Lipinski definition) is 3. The highest BCUT2D eigenvalue weighted by Gasteiger charge is 2.59. The van der Waals surface area contributed by atoms with Gasteiger partial charge in [0.2, 0.25) is 0 Å². The molecule has 3 aliphatic carbocycles. The largest absolute Gasteiger partial charge is 0.504 e. The molecule has 3 N–H and O–H groups in total. The van der Waals surface area contributed by atoms with Gasteiger partial charge in [-0.2, -0.15) is 0 Å². The molecular weight excluding hydrogens is 276 g/mol. The molecule has 3 aliphatic rings. The lowest BCUT2D eigenvalue weighted by atomic mass is 9.48. The molecule has 0 unspecified atom stereocenters. The molecule has 0 amide bonds. The van der Waals surface area contributed by atoms with Crippen molar-refractivity contribution in [1.82, 2.24) is 0 Å². The van der Waals surface area contributed by atoms with E-state index >= 15 is 0 Å². The zero-order valence-electron chi connectivity index (χ0n) is 13.5. The highest BCUT2D eigenvalue weighted by molar-refractivity contribution is 5.49. The number of hydrogen-bond acceptors (Lipinski definition) is 3. The molecule has 4 rings (SSSR count). The predicted octanol–water partition coefficient (Wildman–Crippen LogP) is 3.70. The van der Waals surface area contributed by atoms with E-state index in [0.717, 1.165) is 38.5 Å². The summed E-state index contributed by atoms with van der Waals surface area (Å²) in [5.74, 6) is 0.992. The quantitative estimate of drug-likeness (QED) is 0.640. The second kappa shape index (κ2) is 4.41. The Kier molecular flexibility index (Phi) is 2.88. The Morgan fingerprint density at radius 2 is 1.68 bits per heavy atom. The fourth-order valence-corrected chi connectivity index (χ4v) is 6.11. The number of phenols is 2. The minimum Gasteiger partial charge on any atom is -0.504 e. The van der Waals surface area contributed by atoms with E-state index in [2.05, 4.69) is 13.8 Å². The van der Waals surface area contributed by atoms with Crippen molar-refractivity contribution in [2.75, 3.05) is 0 Å². The Morgan fingerprint density at radius 3 is 2.45 bits per heavy atom. The van der Waals surface area contributed by atoms with Gasteiger partial charge < -0.3 is 15.3 Å². The summed E-state index contributed by atoms with van der Waals surface area (Å²) in [7, 11) is 0. The molecule has 0 aliphatic heterocycles. The van der Waals surface area contributed by atoms with Gasteiger partial charge >= 0.3 is 0 Å². The molecule has 0 bridgehead atoms. The average molecular weight is 302 g/mol. The summed E-state index contributed by atoms with van der Waals surface area (Å²) in [5.41, 5.74) is 2.68. The van der Waals surface area contributed by atoms with Crippen LogP contribution < -0.4 is 0 Å². The minimum absolute atomic E-state index is 0.000658. The third-order valence-corrected chi connectivity index (χ3v) is 7.39. The highest BCUT2D eigenvalue weighted by atomic mass is 16.3. The van der Waals surface area contributed by atoms with E-state index in [0.29, 0.717) is 11.8 Å². The molecule has 120 valence electrons. The Morgan fingerprint density at radius 1 is 0.955 bits per heavy atom. The molecule has 0 radical (unpaired) electrons. The Hall–Kier alpha value is -1.22. The van der Waals surface area contributed by atoms with E-state index in [-0.39, 0.29) is 28.4 Å². The summed E-state index contributed by atoms with van der Waals surface area (Å²) in [6.07, 6.45) is 6.07. The molecule has 3 heteroatoms. The Labute approximate surface area is 132 Å².